The molecule has 0 spiro atoms. The number of carbonyl (C=O) groups is 1. The Balaban J connectivity index is 1.96. The summed E-state index contributed by atoms with van der Waals surface area (Å²) in [6.07, 6.45) is 4.45. The SMILES string of the molecule is CCCCc1noc(C)c1COc1ccc(C(=O)N[C@H](C)CO)cn1. The lowest BCUT2D eigenvalue weighted by Gasteiger charge is -2.11. The fraction of sp³-hybridized carbons (Fsp3) is 0.500. The maximum absolute atomic E-state index is 11.9. The van der Waals surface area contributed by atoms with Crippen LogP contribution in [0.5, 0.6) is 5.88 Å². The highest BCUT2D eigenvalue weighted by atomic mass is 16.5. The third-order valence-electron chi connectivity index (χ3n) is 3.85. The number of rotatable bonds is 9. The first-order chi connectivity index (χ1) is 12.0. The zero-order valence-corrected chi connectivity index (χ0v) is 14.9. The molecule has 0 saturated heterocycles. The van der Waals surface area contributed by atoms with E-state index in [1.807, 2.05) is 6.92 Å². The third-order valence-corrected chi connectivity index (χ3v) is 3.85. The molecule has 1 atom stereocenters. The van der Waals surface area contributed by atoms with E-state index in [1.165, 1.54) is 6.20 Å². The summed E-state index contributed by atoms with van der Waals surface area (Å²) < 4.78 is 11.0. The molecular formula is C18H25N3O4. The number of nitrogens with one attached hydrogen (secondary N) is 1. The summed E-state index contributed by atoms with van der Waals surface area (Å²) in [5.74, 6) is 0.895. The Morgan fingerprint density at radius 2 is 2.24 bits per heavy atom. The van der Waals surface area contributed by atoms with E-state index in [4.69, 9.17) is 14.4 Å². The first-order valence-electron chi connectivity index (χ1n) is 8.49. The number of nitrogens with zero attached hydrogens (tertiary/aromatic N) is 2. The largest absolute Gasteiger partial charge is 0.473 e. The fourth-order valence-corrected chi connectivity index (χ4v) is 2.26. The number of hydrogen-bond acceptors (Lipinski definition) is 6. The van der Waals surface area contributed by atoms with Gasteiger partial charge >= 0.3 is 0 Å². The van der Waals surface area contributed by atoms with Crippen LogP contribution in [-0.4, -0.2) is 33.8 Å². The summed E-state index contributed by atoms with van der Waals surface area (Å²) >= 11 is 0. The van der Waals surface area contributed by atoms with Gasteiger partial charge in [0, 0.05) is 18.3 Å². The predicted molar refractivity (Wildman–Crippen MR) is 92.4 cm³/mol. The molecular weight excluding hydrogens is 322 g/mol. The summed E-state index contributed by atoms with van der Waals surface area (Å²) in [6, 6.07) is 2.98. The lowest BCUT2D eigenvalue weighted by atomic mass is 10.1. The average molecular weight is 347 g/mol. The summed E-state index contributed by atoms with van der Waals surface area (Å²) in [7, 11) is 0. The van der Waals surface area contributed by atoms with Crippen LogP contribution >= 0.6 is 0 Å². The number of aliphatic hydroxyl groups is 1. The van der Waals surface area contributed by atoms with Crippen molar-refractivity contribution in [3.05, 3.63) is 40.9 Å². The topological polar surface area (TPSA) is 97.5 Å². The number of ether oxygens (including phenoxy) is 1. The Morgan fingerprint density at radius 1 is 1.44 bits per heavy atom. The van der Waals surface area contributed by atoms with Gasteiger partial charge in [-0.2, -0.15) is 0 Å². The third kappa shape index (κ3) is 5.29. The smallest absolute Gasteiger partial charge is 0.253 e. The summed E-state index contributed by atoms with van der Waals surface area (Å²) in [5.41, 5.74) is 2.29. The van der Waals surface area contributed by atoms with Crippen LogP contribution in [-0.2, 0) is 13.0 Å². The second kappa shape index (κ2) is 9.17. The molecule has 0 fully saturated rings. The molecule has 0 aliphatic rings. The highest BCUT2D eigenvalue weighted by Gasteiger charge is 2.14. The molecule has 2 heterocycles. The Hall–Kier alpha value is -2.41. The Morgan fingerprint density at radius 3 is 2.88 bits per heavy atom. The number of hydrogen-bond donors (Lipinski definition) is 2. The zero-order valence-electron chi connectivity index (χ0n) is 14.9. The first-order valence-corrected chi connectivity index (χ1v) is 8.49. The fourth-order valence-electron chi connectivity index (χ4n) is 2.26. The predicted octanol–water partition coefficient (Wildman–Crippen LogP) is 2.41. The van der Waals surface area contributed by atoms with Gasteiger partial charge in [0.15, 0.2) is 0 Å². The van der Waals surface area contributed by atoms with Crippen LogP contribution in [0.2, 0.25) is 0 Å². The molecule has 0 unspecified atom stereocenters. The van der Waals surface area contributed by atoms with Gasteiger partial charge in [-0.05, 0) is 32.8 Å². The summed E-state index contributed by atoms with van der Waals surface area (Å²) in [6.45, 7) is 5.93. The number of unbranched alkanes of at least 4 members (excludes halogenated alkanes) is 1. The van der Waals surface area contributed by atoms with E-state index in [0.717, 1.165) is 36.3 Å². The lowest BCUT2D eigenvalue weighted by Crippen LogP contribution is -2.35. The Bertz CT molecular complexity index is 682. The minimum absolute atomic E-state index is 0.112. The molecule has 7 heteroatoms. The number of pyridine rings is 1. The molecule has 0 bridgehead atoms. The van der Waals surface area contributed by atoms with Gasteiger partial charge in [0.2, 0.25) is 5.88 Å². The average Bonchev–Trinajstić information content (AvgIpc) is 2.98. The second-order valence-electron chi connectivity index (χ2n) is 6.00. The van der Waals surface area contributed by atoms with E-state index in [9.17, 15) is 4.79 Å². The van der Waals surface area contributed by atoms with Gasteiger partial charge in [-0.25, -0.2) is 4.98 Å². The van der Waals surface area contributed by atoms with Crippen LogP contribution in [0.4, 0.5) is 0 Å². The van der Waals surface area contributed by atoms with Crippen LogP contribution in [0.15, 0.2) is 22.9 Å². The number of aliphatic hydroxyl groups excluding tert-OH is 1. The molecule has 2 aromatic rings. The molecule has 25 heavy (non-hydrogen) atoms. The summed E-state index contributed by atoms with van der Waals surface area (Å²) in [5, 5.41) is 15.7. The van der Waals surface area contributed by atoms with Crippen molar-refractivity contribution >= 4 is 5.91 Å². The van der Waals surface area contributed by atoms with Crippen molar-refractivity contribution in [3.8, 4) is 5.88 Å². The van der Waals surface area contributed by atoms with Gasteiger partial charge in [0.25, 0.3) is 5.91 Å². The minimum Gasteiger partial charge on any atom is -0.473 e. The monoisotopic (exact) mass is 347 g/mol. The highest BCUT2D eigenvalue weighted by molar-refractivity contribution is 5.94. The molecule has 1 amide bonds. The number of carbonyl (C=O) groups excluding carboxylic acids is 1. The van der Waals surface area contributed by atoms with Crippen molar-refractivity contribution in [1.29, 1.82) is 0 Å². The van der Waals surface area contributed by atoms with Crippen molar-refractivity contribution in [3.63, 3.8) is 0 Å². The second-order valence-corrected chi connectivity index (χ2v) is 6.00. The summed E-state index contributed by atoms with van der Waals surface area (Å²) in [4.78, 5) is 16.1. The lowest BCUT2D eigenvalue weighted by molar-refractivity contribution is 0.0922. The van der Waals surface area contributed by atoms with Crippen molar-refractivity contribution in [2.45, 2.75) is 52.7 Å². The van der Waals surface area contributed by atoms with Gasteiger partial charge in [-0.15, -0.1) is 0 Å². The maximum Gasteiger partial charge on any atom is 0.253 e. The van der Waals surface area contributed by atoms with Crippen molar-refractivity contribution < 1.29 is 19.2 Å². The standard InChI is InChI=1S/C18H25N3O4/c1-4-5-6-16-15(13(3)25-21-16)11-24-17-8-7-14(9-19-17)18(23)20-12(2)10-22/h7-9,12,22H,4-6,10-11H2,1-3H3,(H,20,23)/t12-/m1/s1. The van der Waals surface area contributed by atoms with Gasteiger partial charge in [-0.3, -0.25) is 4.79 Å². The molecule has 0 radical (unpaired) electrons. The van der Waals surface area contributed by atoms with E-state index < -0.39 is 0 Å². The van der Waals surface area contributed by atoms with Crippen LogP contribution in [0.3, 0.4) is 0 Å². The molecule has 2 N–H and O–H groups in total. The molecule has 136 valence electrons. The van der Waals surface area contributed by atoms with Crippen LogP contribution < -0.4 is 10.1 Å². The quantitative estimate of drug-likeness (QED) is 0.723. The number of amides is 1. The van der Waals surface area contributed by atoms with Gasteiger partial charge in [-0.1, -0.05) is 18.5 Å². The highest BCUT2D eigenvalue weighted by Crippen LogP contribution is 2.18. The van der Waals surface area contributed by atoms with Crippen LogP contribution in [0, 0.1) is 6.92 Å². The van der Waals surface area contributed by atoms with Crippen molar-refractivity contribution in [1.82, 2.24) is 15.5 Å². The molecule has 0 aliphatic heterocycles. The molecule has 0 saturated carbocycles. The molecule has 0 aromatic carbocycles. The van der Waals surface area contributed by atoms with E-state index in [0.29, 0.717) is 18.1 Å². The van der Waals surface area contributed by atoms with Gasteiger partial charge < -0.3 is 19.7 Å². The Labute approximate surface area is 147 Å². The first kappa shape index (κ1) is 18.9. The van der Waals surface area contributed by atoms with Crippen molar-refractivity contribution in [2.24, 2.45) is 0 Å². The number of aromatic nitrogens is 2. The van der Waals surface area contributed by atoms with Crippen LogP contribution in [0.1, 0.15) is 54.1 Å². The maximum atomic E-state index is 11.9. The van der Waals surface area contributed by atoms with E-state index in [2.05, 4.69) is 22.4 Å². The van der Waals surface area contributed by atoms with Crippen LogP contribution in [0.25, 0.3) is 0 Å². The van der Waals surface area contributed by atoms with E-state index in [-0.39, 0.29) is 18.6 Å². The van der Waals surface area contributed by atoms with Gasteiger partial charge in [0.05, 0.1) is 23.4 Å². The van der Waals surface area contributed by atoms with E-state index in [1.54, 1.807) is 19.1 Å². The normalized spacial score (nSPS) is 12.0. The van der Waals surface area contributed by atoms with Gasteiger partial charge in [0.1, 0.15) is 12.4 Å². The minimum atomic E-state index is -0.304. The molecule has 2 rings (SSSR count). The molecule has 0 aliphatic carbocycles. The molecule has 7 nitrogen and oxygen atoms in total. The number of aryl methyl sites for hydroxylation is 2. The van der Waals surface area contributed by atoms with E-state index >= 15 is 0 Å². The Kier molecular flexibility index (Phi) is 6.94. The zero-order chi connectivity index (χ0) is 18.2. The van der Waals surface area contributed by atoms with Crippen molar-refractivity contribution in [2.75, 3.05) is 6.61 Å². The molecule has 2 aromatic heterocycles.